The summed E-state index contributed by atoms with van der Waals surface area (Å²) >= 11 is 7.03. The minimum atomic E-state index is -1.10. The maximum atomic E-state index is 12.3. The van der Waals surface area contributed by atoms with Gasteiger partial charge in [-0.25, -0.2) is 9.78 Å². The number of nitrogens with one attached hydrogen (secondary N) is 1. The van der Waals surface area contributed by atoms with E-state index in [1.165, 1.54) is 17.5 Å². The molecule has 0 unspecified atom stereocenters. The predicted molar refractivity (Wildman–Crippen MR) is 108 cm³/mol. The quantitative estimate of drug-likeness (QED) is 0.568. The van der Waals surface area contributed by atoms with Crippen LogP contribution in [-0.4, -0.2) is 22.0 Å². The van der Waals surface area contributed by atoms with Crippen molar-refractivity contribution in [1.82, 2.24) is 4.98 Å². The van der Waals surface area contributed by atoms with Gasteiger partial charge >= 0.3 is 5.97 Å². The fourth-order valence-electron chi connectivity index (χ4n) is 2.72. The molecule has 0 saturated carbocycles. The molecule has 3 aromatic rings. The van der Waals surface area contributed by atoms with Crippen molar-refractivity contribution < 1.29 is 14.7 Å². The number of aromatic nitrogens is 1. The van der Waals surface area contributed by atoms with E-state index < -0.39 is 5.97 Å². The van der Waals surface area contributed by atoms with Gasteiger partial charge in [0.25, 0.3) is 0 Å². The summed E-state index contributed by atoms with van der Waals surface area (Å²) in [6.45, 7) is 2.00. The number of aromatic carboxylic acids is 1. The smallest absolute Gasteiger partial charge is 0.339 e. The Hall–Kier alpha value is -2.70. The number of rotatable bonds is 6. The molecule has 0 aliphatic rings. The van der Waals surface area contributed by atoms with Gasteiger partial charge in [-0.15, -0.1) is 11.3 Å². The van der Waals surface area contributed by atoms with E-state index in [0.29, 0.717) is 27.7 Å². The molecule has 2 N–H and O–H groups in total. The van der Waals surface area contributed by atoms with Gasteiger partial charge in [0.05, 0.1) is 10.6 Å². The molecule has 2 aromatic heterocycles. The monoisotopic (exact) mass is 400 g/mol. The highest BCUT2D eigenvalue weighted by Gasteiger charge is 2.21. The first kappa shape index (κ1) is 19.1. The molecule has 0 aliphatic carbocycles. The van der Waals surface area contributed by atoms with Crippen LogP contribution in [0.1, 0.15) is 27.9 Å². The molecule has 2 heterocycles. The highest BCUT2D eigenvalue weighted by Crippen LogP contribution is 2.36. The van der Waals surface area contributed by atoms with Crippen molar-refractivity contribution in [3.05, 3.63) is 69.8 Å². The molecule has 0 spiro atoms. The average molecular weight is 401 g/mol. The summed E-state index contributed by atoms with van der Waals surface area (Å²) in [7, 11) is 0. The van der Waals surface area contributed by atoms with Gasteiger partial charge in [0.15, 0.2) is 0 Å². The van der Waals surface area contributed by atoms with E-state index in [-0.39, 0.29) is 17.9 Å². The maximum absolute atomic E-state index is 12.3. The molecule has 27 heavy (non-hydrogen) atoms. The molecule has 0 bridgehead atoms. The summed E-state index contributed by atoms with van der Waals surface area (Å²) in [5.74, 6) is -1.33. The highest BCUT2D eigenvalue weighted by atomic mass is 35.5. The lowest BCUT2D eigenvalue weighted by molar-refractivity contribution is -0.116. The number of anilines is 1. The van der Waals surface area contributed by atoms with Crippen molar-refractivity contribution in [3.63, 3.8) is 0 Å². The molecule has 138 valence electrons. The van der Waals surface area contributed by atoms with E-state index >= 15 is 0 Å². The van der Waals surface area contributed by atoms with E-state index in [1.807, 2.05) is 31.2 Å². The number of carbonyl (C=O) groups is 2. The van der Waals surface area contributed by atoms with Gasteiger partial charge in [0.2, 0.25) is 5.91 Å². The van der Waals surface area contributed by atoms with Crippen molar-refractivity contribution in [1.29, 1.82) is 0 Å². The molecule has 0 radical (unpaired) electrons. The van der Waals surface area contributed by atoms with Crippen LogP contribution in [0.3, 0.4) is 0 Å². The highest BCUT2D eigenvalue weighted by molar-refractivity contribution is 7.14. The van der Waals surface area contributed by atoms with Gasteiger partial charge < -0.3 is 10.4 Å². The second-order valence-electron chi connectivity index (χ2n) is 6.07. The van der Waals surface area contributed by atoms with E-state index in [9.17, 15) is 14.7 Å². The zero-order chi connectivity index (χ0) is 19.4. The molecule has 1 aromatic carbocycles. The molecule has 0 saturated heterocycles. The Balaban J connectivity index is 1.75. The number of nitrogens with zero attached hydrogens (tertiary/aromatic N) is 1. The summed E-state index contributed by atoms with van der Waals surface area (Å²) in [4.78, 5) is 28.6. The lowest BCUT2D eigenvalue weighted by atomic mass is 10.1. The number of carboxylic acids is 1. The van der Waals surface area contributed by atoms with Crippen LogP contribution in [0, 0.1) is 6.92 Å². The van der Waals surface area contributed by atoms with Gasteiger partial charge in [0, 0.05) is 23.6 Å². The van der Waals surface area contributed by atoms with Crippen molar-refractivity contribution in [2.45, 2.75) is 19.8 Å². The second kappa shape index (κ2) is 8.33. The zero-order valence-corrected chi connectivity index (χ0v) is 16.1. The average Bonchev–Trinajstić information content (AvgIpc) is 3.04. The van der Waals surface area contributed by atoms with Crippen molar-refractivity contribution >= 4 is 40.5 Å². The maximum Gasteiger partial charge on any atom is 0.339 e. The van der Waals surface area contributed by atoms with E-state index in [2.05, 4.69) is 10.3 Å². The summed E-state index contributed by atoms with van der Waals surface area (Å²) in [5, 5.41) is 14.3. The Kier molecular flexibility index (Phi) is 5.88. The van der Waals surface area contributed by atoms with Gasteiger partial charge in [0.1, 0.15) is 10.7 Å². The molecule has 0 aliphatic heterocycles. The Labute approximate surface area is 165 Å². The molecular weight excluding hydrogens is 384 g/mol. The molecule has 0 atom stereocenters. The van der Waals surface area contributed by atoms with Crippen molar-refractivity contribution in [2.75, 3.05) is 5.32 Å². The van der Waals surface area contributed by atoms with E-state index in [0.717, 1.165) is 11.1 Å². The van der Waals surface area contributed by atoms with Gasteiger partial charge in [-0.3, -0.25) is 4.79 Å². The van der Waals surface area contributed by atoms with Crippen LogP contribution in [-0.2, 0) is 11.2 Å². The standard InChI is InChI=1S/C20H17ClN2O3S/c1-12-3-2-4-13(9-12)5-8-17(24)23-15-11-27-19(18(15)20(25)26)14-6-7-16(21)22-10-14/h2-4,6-7,9-11H,5,8H2,1H3,(H,23,24)(H,25,26). The molecule has 3 rings (SSSR count). The lowest BCUT2D eigenvalue weighted by Gasteiger charge is -2.07. The van der Waals surface area contributed by atoms with Crippen molar-refractivity contribution in [2.24, 2.45) is 0 Å². The van der Waals surface area contributed by atoms with Crippen LogP contribution >= 0.6 is 22.9 Å². The number of aryl methyl sites for hydroxylation is 2. The van der Waals surface area contributed by atoms with Gasteiger partial charge in [-0.05, 0) is 31.0 Å². The number of hydrogen-bond donors (Lipinski definition) is 2. The number of benzene rings is 1. The van der Waals surface area contributed by atoms with Gasteiger partial charge in [-0.2, -0.15) is 0 Å². The Morgan fingerprint density at radius 1 is 1.26 bits per heavy atom. The number of thiophene rings is 1. The first-order valence-electron chi connectivity index (χ1n) is 8.26. The molecule has 7 heteroatoms. The molecule has 0 fully saturated rings. The first-order valence-corrected chi connectivity index (χ1v) is 9.52. The van der Waals surface area contributed by atoms with Gasteiger partial charge in [-0.1, -0.05) is 41.4 Å². The normalized spacial score (nSPS) is 10.6. The Morgan fingerprint density at radius 3 is 2.74 bits per heavy atom. The zero-order valence-electron chi connectivity index (χ0n) is 14.5. The van der Waals surface area contributed by atoms with Crippen LogP contribution < -0.4 is 5.32 Å². The number of amides is 1. The van der Waals surface area contributed by atoms with E-state index in [1.54, 1.807) is 17.5 Å². The van der Waals surface area contributed by atoms with E-state index in [4.69, 9.17) is 11.6 Å². The number of carboxylic acid groups (broad SMARTS) is 1. The van der Waals surface area contributed by atoms with Crippen LogP contribution in [0.15, 0.2) is 48.0 Å². The predicted octanol–water partition coefficient (Wildman–Crippen LogP) is 5.04. The second-order valence-corrected chi connectivity index (χ2v) is 7.33. The number of halogens is 1. The number of hydrogen-bond acceptors (Lipinski definition) is 4. The molecule has 1 amide bonds. The molecule has 5 nitrogen and oxygen atoms in total. The minimum absolute atomic E-state index is 0.0630. The largest absolute Gasteiger partial charge is 0.478 e. The van der Waals surface area contributed by atoms with Crippen LogP contribution in [0.5, 0.6) is 0 Å². The Bertz CT molecular complexity index is 983. The summed E-state index contributed by atoms with van der Waals surface area (Å²) < 4.78 is 0. The lowest BCUT2D eigenvalue weighted by Crippen LogP contribution is -2.14. The fourth-order valence-corrected chi connectivity index (χ4v) is 3.82. The molecular formula is C20H17ClN2O3S. The first-order chi connectivity index (χ1) is 12.9. The van der Waals surface area contributed by atoms with Crippen LogP contribution in [0.2, 0.25) is 5.15 Å². The number of pyridine rings is 1. The third-order valence-corrected chi connectivity index (χ3v) is 5.24. The van der Waals surface area contributed by atoms with Crippen LogP contribution in [0.4, 0.5) is 5.69 Å². The fraction of sp³-hybridized carbons (Fsp3) is 0.150. The topological polar surface area (TPSA) is 79.3 Å². The number of carbonyl (C=O) groups excluding carboxylic acids is 1. The third-order valence-electron chi connectivity index (χ3n) is 3.99. The summed E-state index contributed by atoms with van der Waals surface area (Å²) in [6.07, 6.45) is 2.38. The SMILES string of the molecule is Cc1cccc(CCC(=O)Nc2csc(-c3ccc(Cl)nc3)c2C(=O)O)c1. The van der Waals surface area contributed by atoms with Crippen LogP contribution in [0.25, 0.3) is 10.4 Å². The summed E-state index contributed by atoms with van der Waals surface area (Å²) in [6, 6.07) is 11.3. The summed E-state index contributed by atoms with van der Waals surface area (Å²) in [5.41, 5.74) is 3.21. The van der Waals surface area contributed by atoms with Crippen molar-refractivity contribution in [3.8, 4) is 10.4 Å². The minimum Gasteiger partial charge on any atom is -0.478 e. The third kappa shape index (κ3) is 4.72. The Morgan fingerprint density at radius 2 is 2.07 bits per heavy atom.